The van der Waals surface area contributed by atoms with Gasteiger partial charge in [0, 0.05) is 0 Å². The lowest BCUT2D eigenvalue weighted by Crippen LogP contribution is -1.95. The van der Waals surface area contributed by atoms with E-state index in [9.17, 15) is 4.91 Å². The first-order chi connectivity index (χ1) is 6.22. The fourth-order valence-electron chi connectivity index (χ4n) is 1.46. The Balaban J connectivity index is 2.89. The van der Waals surface area contributed by atoms with Gasteiger partial charge in [-0.05, 0) is 42.8 Å². The number of aryl methyl sites for hydroxylation is 2. The molecular weight excluding hydrogens is 166 g/mol. The summed E-state index contributed by atoms with van der Waals surface area (Å²) in [6, 6.07) is 5.49. The molecule has 4 nitrogen and oxygen atoms in total. The Morgan fingerprint density at radius 1 is 1.38 bits per heavy atom. The van der Waals surface area contributed by atoms with Crippen molar-refractivity contribution >= 4 is 11.3 Å². The quantitative estimate of drug-likeness (QED) is 0.624. The van der Waals surface area contributed by atoms with Crippen LogP contribution in [0.2, 0.25) is 0 Å². The zero-order valence-electron chi connectivity index (χ0n) is 7.48. The highest BCUT2D eigenvalue weighted by Gasteiger charge is 2.05. The highest BCUT2D eigenvalue weighted by molar-refractivity contribution is 5.59. The highest BCUT2D eigenvalue weighted by atomic mass is 16.3. The fraction of sp³-hybridized carbons (Fsp3) is 0.222. The lowest BCUT2D eigenvalue weighted by molar-refractivity contribution is 0.896. The molecule has 0 aromatic carbocycles. The van der Waals surface area contributed by atoms with E-state index in [1.807, 2.05) is 26.0 Å². The molecule has 2 heterocycles. The van der Waals surface area contributed by atoms with E-state index in [0.717, 1.165) is 16.8 Å². The summed E-state index contributed by atoms with van der Waals surface area (Å²) in [6.45, 7) is 3.87. The average molecular weight is 175 g/mol. The van der Waals surface area contributed by atoms with Crippen LogP contribution in [-0.2, 0) is 0 Å². The summed E-state index contributed by atoms with van der Waals surface area (Å²) in [5.41, 5.74) is 2.91. The van der Waals surface area contributed by atoms with Crippen LogP contribution in [0.4, 0.5) is 5.82 Å². The maximum Gasteiger partial charge on any atom is 0.198 e. The third-order valence-electron chi connectivity index (χ3n) is 2.02. The van der Waals surface area contributed by atoms with Crippen molar-refractivity contribution in [1.29, 1.82) is 0 Å². The van der Waals surface area contributed by atoms with Gasteiger partial charge in [-0.2, -0.15) is 5.10 Å². The van der Waals surface area contributed by atoms with Gasteiger partial charge in [0.2, 0.25) is 0 Å². The topological polar surface area (TPSA) is 46.7 Å². The van der Waals surface area contributed by atoms with Gasteiger partial charge in [0.15, 0.2) is 5.82 Å². The van der Waals surface area contributed by atoms with E-state index in [-0.39, 0.29) is 0 Å². The molecule has 0 atom stereocenters. The van der Waals surface area contributed by atoms with Gasteiger partial charge in [0.1, 0.15) is 0 Å². The number of aromatic nitrogens is 2. The van der Waals surface area contributed by atoms with E-state index in [1.54, 1.807) is 10.6 Å². The monoisotopic (exact) mass is 175 g/mol. The van der Waals surface area contributed by atoms with Gasteiger partial charge in [-0.25, -0.2) is 4.52 Å². The molecule has 0 amide bonds. The third kappa shape index (κ3) is 1.11. The molecule has 66 valence electrons. The molecule has 0 bridgehead atoms. The van der Waals surface area contributed by atoms with Crippen LogP contribution in [0, 0.1) is 18.8 Å². The van der Waals surface area contributed by atoms with E-state index in [4.69, 9.17) is 0 Å². The molecule has 0 radical (unpaired) electrons. The molecule has 2 aromatic heterocycles. The molecule has 0 spiro atoms. The average Bonchev–Trinajstić information content (AvgIpc) is 2.47. The number of fused-ring (bicyclic) bond motifs is 1. The molecule has 0 aliphatic heterocycles. The molecule has 0 unspecified atom stereocenters. The molecular formula is C9H9N3O. The summed E-state index contributed by atoms with van der Waals surface area (Å²) >= 11 is 0. The van der Waals surface area contributed by atoms with E-state index < -0.39 is 0 Å². The van der Waals surface area contributed by atoms with Crippen molar-refractivity contribution in [2.45, 2.75) is 13.8 Å². The number of hydrogen-bond donors (Lipinski definition) is 0. The normalized spacial score (nSPS) is 10.6. The summed E-state index contributed by atoms with van der Waals surface area (Å²) in [5, 5.41) is 7.08. The molecule has 0 fully saturated rings. The lowest BCUT2D eigenvalue weighted by Gasteiger charge is -2.00. The Bertz CT molecular complexity index is 473. The molecule has 0 aliphatic carbocycles. The molecule has 4 heteroatoms. The second-order valence-corrected chi connectivity index (χ2v) is 3.05. The van der Waals surface area contributed by atoms with Crippen LogP contribution in [0.1, 0.15) is 11.3 Å². The SMILES string of the molecule is Cc1cc(C)c2ccc(N=O)n2n1. The molecule has 2 aromatic rings. The van der Waals surface area contributed by atoms with E-state index >= 15 is 0 Å². The molecule has 13 heavy (non-hydrogen) atoms. The standard InChI is InChI=1S/C9H9N3O/c1-6-5-7(2)10-12-8(6)3-4-9(12)11-13/h3-5H,1-2H3. The minimum absolute atomic E-state index is 0.349. The van der Waals surface area contributed by atoms with Crippen LogP contribution in [0.5, 0.6) is 0 Å². The molecule has 0 aliphatic rings. The van der Waals surface area contributed by atoms with Crippen molar-refractivity contribution < 1.29 is 0 Å². The first-order valence-corrected chi connectivity index (χ1v) is 4.02. The highest BCUT2D eigenvalue weighted by Crippen LogP contribution is 2.19. The van der Waals surface area contributed by atoms with Crippen molar-refractivity contribution in [1.82, 2.24) is 9.61 Å². The van der Waals surface area contributed by atoms with E-state index in [2.05, 4.69) is 10.3 Å². The third-order valence-corrected chi connectivity index (χ3v) is 2.02. The number of nitroso groups, excluding NO2 is 1. The van der Waals surface area contributed by atoms with E-state index in [1.165, 1.54) is 0 Å². The summed E-state index contributed by atoms with van der Waals surface area (Å²) in [5.74, 6) is 0.349. The van der Waals surface area contributed by atoms with Crippen LogP contribution in [0.15, 0.2) is 23.4 Å². The minimum atomic E-state index is 0.349. The van der Waals surface area contributed by atoms with Gasteiger partial charge in [-0.15, -0.1) is 4.91 Å². The minimum Gasteiger partial charge on any atom is -0.212 e. The maximum absolute atomic E-state index is 10.4. The van der Waals surface area contributed by atoms with Crippen molar-refractivity contribution in [3.8, 4) is 0 Å². The van der Waals surface area contributed by atoms with Gasteiger partial charge in [0.25, 0.3) is 0 Å². The predicted molar refractivity (Wildman–Crippen MR) is 50.1 cm³/mol. The second-order valence-electron chi connectivity index (χ2n) is 3.05. The summed E-state index contributed by atoms with van der Waals surface area (Å²) in [6.07, 6.45) is 0. The Labute approximate surface area is 75.2 Å². The Kier molecular flexibility index (Phi) is 1.62. The summed E-state index contributed by atoms with van der Waals surface area (Å²) in [4.78, 5) is 10.4. The largest absolute Gasteiger partial charge is 0.212 e. The lowest BCUT2D eigenvalue weighted by atomic mass is 10.2. The molecule has 0 saturated carbocycles. The van der Waals surface area contributed by atoms with Gasteiger partial charge in [-0.3, -0.25) is 0 Å². The zero-order valence-corrected chi connectivity index (χ0v) is 7.48. The molecule has 0 N–H and O–H groups in total. The van der Waals surface area contributed by atoms with Gasteiger partial charge in [0.05, 0.1) is 11.2 Å². The van der Waals surface area contributed by atoms with Gasteiger partial charge in [-0.1, -0.05) is 0 Å². The van der Waals surface area contributed by atoms with Crippen LogP contribution in [0.3, 0.4) is 0 Å². The first kappa shape index (κ1) is 7.91. The van der Waals surface area contributed by atoms with E-state index in [0.29, 0.717) is 5.82 Å². The smallest absolute Gasteiger partial charge is 0.198 e. The molecule has 2 rings (SSSR count). The van der Waals surface area contributed by atoms with Crippen molar-refractivity contribution in [3.63, 3.8) is 0 Å². The summed E-state index contributed by atoms with van der Waals surface area (Å²) in [7, 11) is 0. The Morgan fingerprint density at radius 3 is 2.85 bits per heavy atom. The Hall–Kier alpha value is -1.71. The number of rotatable bonds is 1. The maximum atomic E-state index is 10.4. The van der Waals surface area contributed by atoms with Crippen LogP contribution in [0.25, 0.3) is 5.52 Å². The predicted octanol–water partition coefficient (Wildman–Crippen LogP) is 2.35. The van der Waals surface area contributed by atoms with Gasteiger partial charge < -0.3 is 0 Å². The fourth-order valence-corrected chi connectivity index (χ4v) is 1.46. The number of hydrogen-bond acceptors (Lipinski definition) is 3. The van der Waals surface area contributed by atoms with Crippen LogP contribution < -0.4 is 0 Å². The van der Waals surface area contributed by atoms with Crippen LogP contribution in [-0.4, -0.2) is 9.61 Å². The summed E-state index contributed by atoms with van der Waals surface area (Å²) < 4.78 is 1.57. The molecule has 0 saturated heterocycles. The van der Waals surface area contributed by atoms with Crippen LogP contribution >= 0.6 is 0 Å². The van der Waals surface area contributed by atoms with Gasteiger partial charge >= 0.3 is 0 Å². The zero-order chi connectivity index (χ0) is 9.42. The second kappa shape index (κ2) is 2.65. The first-order valence-electron chi connectivity index (χ1n) is 4.02. The van der Waals surface area contributed by atoms with Crippen molar-refractivity contribution in [2.24, 2.45) is 5.18 Å². The van der Waals surface area contributed by atoms with Crippen molar-refractivity contribution in [3.05, 3.63) is 34.4 Å². The van der Waals surface area contributed by atoms with Crippen molar-refractivity contribution in [2.75, 3.05) is 0 Å². The number of nitrogens with zero attached hydrogens (tertiary/aromatic N) is 3. The Morgan fingerprint density at radius 2 is 2.15 bits per heavy atom.